The fourth-order valence-corrected chi connectivity index (χ4v) is 6.23. The third kappa shape index (κ3) is 2.68. The highest BCUT2D eigenvalue weighted by Crippen LogP contribution is 2.40. The Balaban J connectivity index is 1.48. The molecule has 0 spiro atoms. The summed E-state index contributed by atoms with van der Waals surface area (Å²) in [6.45, 7) is 1.89. The topological polar surface area (TPSA) is 63.2 Å². The molecular formula is C20H17N3O2S2. The van der Waals surface area contributed by atoms with E-state index in [2.05, 4.69) is 9.97 Å². The number of fused-ring (bicyclic) bond motifs is 4. The Bertz CT molecular complexity index is 1070. The van der Waals surface area contributed by atoms with E-state index in [0.717, 1.165) is 33.9 Å². The third-order valence-electron chi connectivity index (χ3n) is 5.10. The van der Waals surface area contributed by atoms with Crippen molar-refractivity contribution in [2.24, 2.45) is 0 Å². The highest BCUT2D eigenvalue weighted by atomic mass is 32.2. The number of hydrogen-bond donors (Lipinski definition) is 0. The quantitative estimate of drug-likeness (QED) is 0.377. The van der Waals surface area contributed by atoms with Crippen LogP contribution in [-0.4, -0.2) is 32.6 Å². The van der Waals surface area contributed by atoms with Crippen molar-refractivity contribution in [2.75, 3.05) is 5.88 Å². The predicted octanol–water partition coefficient (Wildman–Crippen LogP) is 4.22. The lowest BCUT2D eigenvalue weighted by atomic mass is 9.97. The van der Waals surface area contributed by atoms with Crippen LogP contribution in [0.2, 0.25) is 0 Å². The summed E-state index contributed by atoms with van der Waals surface area (Å²) in [5.41, 5.74) is 2.34. The van der Waals surface area contributed by atoms with Gasteiger partial charge in [0, 0.05) is 10.3 Å². The molecule has 2 amide bonds. The molecule has 5 nitrogen and oxygen atoms in total. The molecule has 0 fully saturated rings. The van der Waals surface area contributed by atoms with Crippen LogP contribution in [0.5, 0.6) is 0 Å². The van der Waals surface area contributed by atoms with E-state index >= 15 is 0 Å². The first kappa shape index (κ1) is 16.9. The van der Waals surface area contributed by atoms with Gasteiger partial charge >= 0.3 is 0 Å². The molecule has 2 aliphatic rings. The van der Waals surface area contributed by atoms with Gasteiger partial charge in [0.1, 0.15) is 15.7 Å². The molecule has 1 aromatic carbocycles. The standard InChI is InChI=1S/C20H17N3O2S2/c1-11-21-17(16-14-8-4-5-9-15(14)27-18(16)22-11)26-10-23-19(24)12-6-2-3-7-13(12)20(23)25/h2-3,6-7H,4-5,8-10H2,1H3. The number of amides is 2. The maximum absolute atomic E-state index is 12.6. The van der Waals surface area contributed by atoms with Gasteiger partial charge in [0.25, 0.3) is 11.8 Å². The number of carbonyl (C=O) groups excluding carboxylic acids is 2. The van der Waals surface area contributed by atoms with Crippen molar-refractivity contribution in [3.8, 4) is 0 Å². The Morgan fingerprint density at radius 1 is 1.07 bits per heavy atom. The molecule has 0 saturated heterocycles. The van der Waals surface area contributed by atoms with Crippen LogP contribution in [0.4, 0.5) is 0 Å². The molecule has 7 heteroatoms. The van der Waals surface area contributed by atoms with Crippen LogP contribution in [-0.2, 0) is 12.8 Å². The summed E-state index contributed by atoms with van der Waals surface area (Å²) < 4.78 is 0. The molecule has 0 bridgehead atoms. The Morgan fingerprint density at radius 2 is 1.78 bits per heavy atom. The van der Waals surface area contributed by atoms with Gasteiger partial charge in [-0.25, -0.2) is 9.97 Å². The van der Waals surface area contributed by atoms with Crippen LogP contribution in [0.15, 0.2) is 29.3 Å². The number of aromatic nitrogens is 2. The molecule has 5 rings (SSSR count). The van der Waals surface area contributed by atoms with Crippen LogP contribution in [0.3, 0.4) is 0 Å². The van der Waals surface area contributed by atoms with Crippen molar-refractivity contribution in [3.63, 3.8) is 0 Å². The van der Waals surface area contributed by atoms with Crippen molar-refractivity contribution < 1.29 is 9.59 Å². The predicted molar refractivity (Wildman–Crippen MR) is 106 cm³/mol. The van der Waals surface area contributed by atoms with Gasteiger partial charge in [0.05, 0.1) is 17.0 Å². The summed E-state index contributed by atoms with van der Waals surface area (Å²) in [7, 11) is 0. The monoisotopic (exact) mass is 395 g/mol. The fraction of sp³-hybridized carbons (Fsp3) is 0.300. The minimum absolute atomic E-state index is 0.225. The van der Waals surface area contributed by atoms with E-state index in [9.17, 15) is 9.59 Å². The zero-order chi connectivity index (χ0) is 18.5. The maximum Gasteiger partial charge on any atom is 0.262 e. The maximum atomic E-state index is 12.6. The van der Waals surface area contributed by atoms with Crippen molar-refractivity contribution in [1.82, 2.24) is 14.9 Å². The molecule has 1 aliphatic heterocycles. The lowest BCUT2D eigenvalue weighted by Crippen LogP contribution is -2.29. The first-order chi connectivity index (χ1) is 13.1. The van der Waals surface area contributed by atoms with Gasteiger partial charge in [-0.3, -0.25) is 14.5 Å². The van der Waals surface area contributed by atoms with Crippen LogP contribution in [0, 0.1) is 6.92 Å². The Kier molecular flexibility index (Phi) is 4.02. The van der Waals surface area contributed by atoms with Crippen LogP contribution < -0.4 is 0 Å². The average molecular weight is 396 g/mol. The van der Waals surface area contributed by atoms with Crippen molar-refractivity contribution in [1.29, 1.82) is 0 Å². The minimum atomic E-state index is -0.225. The van der Waals surface area contributed by atoms with Crippen molar-refractivity contribution in [3.05, 3.63) is 51.7 Å². The van der Waals surface area contributed by atoms with Crippen LogP contribution in [0.1, 0.15) is 49.8 Å². The summed E-state index contributed by atoms with van der Waals surface area (Å²) in [6.07, 6.45) is 4.58. The van der Waals surface area contributed by atoms with E-state index < -0.39 is 0 Å². The molecule has 3 heterocycles. The molecule has 0 saturated carbocycles. The first-order valence-electron chi connectivity index (χ1n) is 9.00. The number of rotatable bonds is 3. The second-order valence-electron chi connectivity index (χ2n) is 6.82. The molecule has 2 aromatic heterocycles. The van der Waals surface area contributed by atoms with Gasteiger partial charge in [-0.1, -0.05) is 23.9 Å². The molecule has 27 heavy (non-hydrogen) atoms. The third-order valence-corrected chi connectivity index (χ3v) is 7.24. The summed E-state index contributed by atoms with van der Waals surface area (Å²) >= 11 is 3.22. The first-order valence-corrected chi connectivity index (χ1v) is 10.8. The zero-order valence-corrected chi connectivity index (χ0v) is 16.5. The fourth-order valence-electron chi connectivity index (χ4n) is 3.81. The number of thiophene rings is 1. The van der Waals surface area contributed by atoms with Gasteiger partial charge in [-0.15, -0.1) is 11.3 Å². The lowest BCUT2D eigenvalue weighted by molar-refractivity contribution is 0.0684. The Hall–Kier alpha value is -2.25. The number of nitrogens with zero attached hydrogens (tertiary/aromatic N) is 3. The molecular weight excluding hydrogens is 378 g/mol. The number of thioether (sulfide) groups is 1. The highest BCUT2D eigenvalue weighted by molar-refractivity contribution is 7.99. The molecule has 1 aliphatic carbocycles. The SMILES string of the molecule is Cc1nc(SCN2C(=O)c3ccccc3C2=O)c2c3c(sc2n1)CCCC3. The minimum Gasteiger partial charge on any atom is -0.269 e. The second-order valence-corrected chi connectivity index (χ2v) is 8.84. The second kappa shape index (κ2) is 6.42. The van der Waals surface area contributed by atoms with Crippen molar-refractivity contribution >= 4 is 45.1 Å². The van der Waals surface area contributed by atoms with Gasteiger partial charge < -0.3 is 0 Å². The lowest BCUT2D eigenvalue weighted by Gasteiger charge is -2.15. The molecule has 0 atom stereocenters. The molecule has 0 radical (unpaired) electrons. The summed E-state index contributed by atoms with van der Waals surface area (Å²) in [6, 6.07) is 7.00. The average Bonchev–Trinajstić information content (AvgIpc) is 3.16. The normalized spacial score (nSPS) is 16.1. The molecule has 136 valence electrons. The largest absolute Gasteiger partial charge is 0.269 e. The van der Waals surface area contributed by atoms with Gasteiger partial charge in [-0.2, -0.15) is 0 Å². The number of carbonyl (C=O) groups is 2. The summed E-state index contributed by atoms with van der Waals surface area (Å²) in [4.78, 5) is 38.2. The molecule has 0 N–H and O–H groups in total. The van der Waals surface area contributed by atoms with Crippen LogP contribution in [0.25, 0.3) is 10.2 Å². The van der Waals surface area contributed by atoms with Gasteiger partial charge in [0.15, 0.2) is 0 Å². The number of benzene rings is 1. The van der Waals surface area contributed by atoms with E-state index in [0.29, 0.717) is 11.1 Å². The number of hydrogen-bond acceptors (Lipinski definition) is 6. The van der Waals surface area contributed by atoms with Crippen LogP contribution >= 0.6 is 23.1 Å². The zero-order valence-electron chi connectivity index (χ0n) is 14.8. The van der Waals surface area contributed by atoms with E-state index in [4.69, 9.17) is 0 Å². The number of imide groups is 1. The summed E-state index contributed by atoms with van der Waals surface area (Å²) in [5, 5.41) is 2.01. The van der Waals surface area contributed by atoms with E-state index in [1.165, 1.54) is 39.9 Å². The van der Waals surface area contributed by atoms with Gasteiger partial charge in [-0.05, 0) is 50.3 Å². The smallest absolute Gasteiger partial charge is 0.262 e. The Morgan fingerprint density at radius 3 is 2.52 bits per heavy atom. The highest BCUT2D eigenvalue weighted by Gasteiger charge is 2.35. The van der Waals surface area contributed by atoms with Gasteiger partial charge in [0.2, 0.25) is 0 Å². The number of aryl methyl sites for hydroxylation is 3. The van der Waals surface area contributed by atoms with Crippen molar-refractivity contribution in [2.45, 2.75) is 37.6 Å². The van der Waals surface area contributed by atoms with E-state index in [1.54, 1.807) is 35.6 Å². The molecule has 3 aromatic rings. The molecule has 0 unspecified atom stereocenters. The Labute approximate surface area is 164 Å². The van der Waals surface area contributed by atoms with E-state index in [-0.39, 0.29) is 17.7 Å². The summed E-state index contributed by atoms with van der Waals surface area (Å²) in [5.74, 6) is 0.545. The van der Waals surface area contributed by atoms with E-state index in [1.807, 2.05) is 6.92 Å².